The van der Waals surface area contributed by atoms with Gasteiger partial charge in [0.1, 0.15) is 5.75 Å². The smallest absolute Gasteiger partial charge is 0.319 e. The highest BCUT2D eigenvalue weighted by Crippen LogP contribution is 2.27. The van der Waals surface area contributed by atoms with Crippen molar-refractivity contribution in [1.82, 2.24) is 5.32 Å². The van der Waals surface area contributed by atoms with Gasteiger partial charge in [-0.05, 0) is 37.5 Å². The quantitative estimate of drug-likeness (QED) is 0.675. The fourth-order valence-corrected chi connectivity index (χ4v) is 1.73. The number of aliphatic hydroxyl groups excluding tert-OH is 1. The third-order valence-corrected chi connectivity index (χ3v) is 2.77. The van der Waals surface area contributed by atoms with E-state index in [1.54, 1.807) is 18.2 Å². The highest BCUT2D eigenvalue weighted by atomic mass is 35.5. The lowest BCUT2D eigenvalue weighted by molar-refractivity contribution is 0.251. The summed E-state index contributed by atoms with van der Waals surface area (Å²) in [6, 6.07) is 4.72. The number of halogens is 1. The summed E-state index contributed by atoms with van der Waals surface area (Å²) in [5, 5.41) is 14.6. The molecule has 0 radical (unpaired) electrons. The van der Waals surface area contributed by atoms with Crippen LogP contribution in [0.3, 0.4) is 0 Å². The van der Waals surface area contributed by atoms with Gasteiger partial charge in [0.15, 0.2) is 0 Å². The zero-order valence-electron chi connectivity index (χ0n) is 10.9. The summed E-state index contributed by atoms with van der Waals surface area (Å²) in [4.78, 5) is 11.7. The number of anilines is 1. The number of aliphatic hydroxyl groups is 1. The van der Waals surface area contributed by atoms with Crippen LogP contribution in [-0.2, 0) is 0 Å². The zero-order valence-corrected chi connectivity index (χ0v) is 11.7. The minimum atomic E-state index is -0.301. The molecule has 1 aromatic carbocycles. The van der Waals surface area contributed by atoms with Crippen LogP contribution in [0.1, 0.15) is 19.3 Å². The van der Waals surface area contributed by atoms with E-state index in [9.17, 15) is 4.79 Å². The molecule has 19 heavy (non-hydrogen) atoms. The predicted octanol–water partition coefficient (Wildman–Crippen LogP) is 2.63. The molecule has 2 amide bonds. The summed E-state index contributed by atoms with van der Waals surface area (Å²) in [5.74, 6) is 0.555. The number of unbranched alkanes of at least 4 members (excludes halogenated alkanes) is 2. The molecule has 0 saturated heterocycles. The largest absolute Gasteiger partial charge is 0.495 e. The molecule has 0 heterocycles. The van der Waals surface area contributed by atoms with Crippen LogP contribution >= 0.6 is 11.6 Å². The zero-order chi connectivity index (χ0) is 14.1. The van der Waals surface area contributed by atoms with Crippen LogP contribution in [0.25, 0.3) is 0 Å². The molecule has 0 spiro atoms. The molecule has 0 aromatic heterocycles. The molecular formula is C13H19ClN2O3. The van der Waals surface area contributed by atoms with E-state index in [0.717, 1.165) is 19.3 Å². The Hall–Kier alpha value is -1.46. The number of carbonyl (C=O) groups is 1. The van der Waals surface area contributed by atoms with Crippen molar-refractivity contribution in [2.75, 3.05) is 25.6 Å². The van der Waals surface area contributed by atoms with Gasteiger partial charge in [0.2, 0.25) is 0 Å². The lowest BCUT2D eigenvalue weighted by Gasteiger charge is -2.11. The van der Waals surface area contributed by atoms with Gasteiger partial charge < -0.3 is 20.5 Å². The summed E-state index contributed by atoms with van der Waals surface area (Å²) in [5.41, 5.74) is 0.530. The van der Waals surface area contributed by atoms with Crippen molar-refractivity contribution >= 4 is 23.3 Å². The Labute approximate surface area is 117 Å². The standard InChI is InChI=1S/C13H19ClN2O3/c1-19-12-6-5-10(14)9-11(12)16-13(18)15-7-3-2-4-8-17/h5-6,9,17H,2-4,7-8H2,1H3,(H2,15,16,18). The molecule has 0 atom stereocenters. The summed E-state index contributed by atoms with van der Waals surface area (Å²) in [7, 11) is 1.53. The van der Waals surface area contributed by atoms with Crippen molar-refractivity contribution in [3.63, 3.8) is 0 Å². The number of methoxy groups -OCH3 is 1. The molecule has 1 aromatic rings. The van der Waals surface area contributed by atoms with Crippen LogP contribution in [0.2, 0.25) is 5.02 Å². The maximum absolute atomic E-state index is 11.7. The Balaban J connectivity index is 2.41. The molecule has 0 aliphatic heterocycles. The van der Waals surface area contributed by atoms with Gasteiger partial charge in [-0.3, -0.25) is 0 Å². The van der Waals surface area contributed by atoms with Gasteiger partial charge in [0.25, 0.3) is 0 Å². The van der Waals surface area contributed by atoms with Crippen LogP contribution in [-0.4, -0.2) is 31.4 Å². The molecule has 1 rings (SSSR count). The normalized spacial score (nSPS) is 10.1. The van der Waals surface area contributed by atoms with Gasteiger partial charge in [-0.15, -0.1) is 0 Å². The first-order valence-corrected chi connectivity index (χ1v) is 6.54. The first-order chi connectivity index (χ1) is 9.17. The monoisotopic (exact) mass is 286 g/mol. The molecule has 5 nitrogen and oxygen atoms in total. The fourth-order valence-electron chi connectivity index (χ4n) is 1.56. The summed E-state index contributed by atoms with van der Waals surface area (Å²) >= 11 is 5.87. The van der Waals surface area contributed by atoms with Crippen molar-refractivity contribution in [3.8, 4) is 5.75 Å². The van der Waals surface area contributed by atoms with E-state index in [2.05, 4.69) is 10.6 Å². The van der Waals surface area contributed by atoms with Gasteiger partial charge in [-0.25, -0.2) is 4.79 Å². The molecule has 3 N–H and O–H groups in total. The molecule has 0 aliphatic carbocycles. The van der Waals surface area contributed by atoms with Gasteiger partial charge >= 0.3 is 6.03 Å². The highest BCUT2D eigenvalue weighted by molar-refractivity contribution is 6.31. The first-order valence-electron chi connectivity index (χ1n) is 6.16. The van der Waals surface area contributed by atoms with Crippen molar-refractivity contribution in [3.05, 3.63) is 23.2 Å². The Morgan fingerprint density at radius 3 is 2.84 bits per heavy atom. The van der Waals surface area contributed by atoms with Crippen LogP contribution in [0.5, 0.6) is 5.75 Å². The number of rotatable bonds is 7. The van der Waals surface area contributed by atoms with Crippen LogP contribution in [0, 0.1) is 0 Å². The van der Waals surface area contributed by atoms with E-state index in [1.807, 2.05) is 0 Å². The SMILES string of the molecule is COc1ccc(Cl)cc1NC(=O)NCCCCCO. The number of hydrogen-bond acceptors (Lipinski definition) is 3. The van der Waals surface area contributed by atoms with E-state index < -0.39 is 0 Å². The van der Waals surface area contributed by atoms with E-state index in [0.29, 0.717) is 23.0 Å². The Kier molecular flexibility index (Phi) is 7.07. The molecule has 106 valence electrons. The van der Waals surface area contributed by atoms with Crippen molar-refractivity contribution in [2.24, 2.45) is 0 Å². The molecular weight excluding hydrogens is 268 g/mol. The van der Waals surface area contributed by atoms with Gasteiger partial charge in [0, 0.05) is 18.2 Å². The molecule has 0 unspecified atom stereocenters. The van der Waals surface area contributed by atoms with Crippen molar-refractivity contribution < 1.29 is 14.6 Å². The average Bonchev–Trinajstić information content (AvgIpc) is 2.39. The third-order valence-electron chi connectivity index (χ3n) is 2.53. The predicted molar refractivity (Wildman–Crippen MR) is 76.0 cm³/mol. The lowest BCUT2D eigenvalue weighted by Crippen LogP contribution is -2.29. The summed E-state index contributed by atoms with van der Waals surface area (Å²) < 4.78 is 5.13. The Bertz CT molecular complexity index is 413. The molecule has 0 aliphatic rings. The topological polar surface area (TPSA) is 70.6 Å². The maximum Gasteiger partial charge on any atom is 0.319 e. The second-order valence-electron chi connectivity index (χ2n) is 4.01. The lowest BCUT2D eigenvalue weighted by atomic mass is 10.2. The van der Waals surface area contributed by atoms with E-state index in [1.165, 1.54) is 7.11 Å². The summed E-state index contributed by atoms with van der Waals surface area (Å²) in [6.45, 7) is 0.751. The number of urea groups is 1. The number of nitrogens with one attached hydrogen (secondary N) is 2. The van der Waals surface area contributed by atoms with Gasteiger partial charge in [0.05, 0.1) is 12.8 Å². The number of benzene rings is 1. The number of carbonyl (C=O) groups excluding carboxylic acids is 1. The Morgan fingerprint density at radius 2 is 2.16 bits per heavy atom. The molecule has 0 saturated carbocycles. The number of amides is 2. The minimum Gasteiger partial charge on any atom is -0.495 e. The van der Waals surface area contributed by atoms with Crippen molar-refractivity contribution in [1.29, 1.82) is 0 Å². The second-order valence-corrected chi connectivity index (χ2v) is 4.45. The number of hydrogen-bond donors (Lipinski definition) is 3. The third kappa shape index (κ3) is 5.81. The van der Waals surface area contributed by atoms with Gasteiger partial charge in [-0.1, -0.05) is 11.6 Å². The van der Waals surface area contributed by atoms with Gasteiger partial charge in [-0.2, -0.15) is 0 Å². The van der Waals surface area contributed by atoms with E-state index in [4.69, 9.17) is 21.4 Å². The van der Waals surface area contributed by atoms with Crippen LogP contribution in [0.4, 0.5) is 10.5 Å². The first kappa shape index (κ1) is 15.6. The summed E-state index contributed by atoms with van der Waals surface area (Å²) in [6.07, 6.45) is 2.48. The fraction of sp³-hybridized carbons (Fsp3) is 0.462. The minimum absolute atomic E-state index is 0.186. The molecule has 0 bridgehead atoms. The van der Waals surface area contributed by atoms with Crippen LogP contribution in [0.15, 0.2) is 18.2 Å². The molecule has 0 fully saturated rings. The van der Waals surface area contributed by atoms with E-state index in [-0.39, 0.29) is 12.6 Å². The average molecular weight is 287 g/mol. The van der Waals surface area contributed by atoms with Crippen LogP contribution < -0.4 is 15.4 Å². The van der Waals surface area contributed by atoms with Crippen molar-refractivity contribution in [2.45, 2.75) is 19.3 Å². The Morgan fingerprint density at radius 1 is 1.37 bits per heavy atom. The number of ether oxygens (including phenoxy) is 1. The van der Waals surface area contributed by atoms with E-state index >= 15 is 0 Å². The highest BCUT2D eigenvalue weighted by Gasteiger charge is 2.07. The maximum atomic E-state index is 11.7. The second kappa shape index (κ2) is 8.61. The molecule has 6 heteroatoms.